The van der Waals surface area contributed by atoms with Gasteiger partial charge in [0.15, 0.2) is 5.82 Å². The number of anilines is 1. The molecule has 0 unspecified atom stereocenters. The second kappa shape index (κ2) is 4.77. The number of aromatic nitrogens is 2. The maximum atomic E-state index is 5.83. The molecule has 2 saturated carbocycles. The van der Waals surface area contributed by atoms with Gasteiger partial charge >= 0.3 is 0 Å². The Kier molecular flexibility index (Phi) is 2.91. The molecule has 4 rings (SSSR count). The SMILES string of the molecule is NCCc1c(N(CC2CC2)C2CC2)nc2ccccn12. The fourth-order valence-electron chi connectivity index (χ4n) is 3.01. The lowest BCUT2D eigenvalue weighted by Crippen LogP contribution is -2.29. The van der Waals surface area contributed by atoms with Gasteiger partial charge < -0.3 is 15.0 Å². The average Bonchev–Trinajstić information content (AvgIpc) is 3.35. The van der Waals surface area contributed by atoms with Crippen LogP contribution in [-0.2, 0) is 6.42 Å². The molecule has 2 heterocycles. The van der Waals surface area contributed by atoms with Crippen LogP contribution in [0.5, 0.6) is 0 Å². The van der Waals surface area contributed by atoms with Gasteiger partial charge in [-0.15, -0.1) is 0 Å². The number of nitrogens with zero attached hydrogens (tertiary/aromatic N) is 3. The summed E-state index contributed by atoms with van der Waals surface area (Å²) in [7, 11) is 0. The van der Waals surface area contributed by atoms with Gasteiger partial charge in [0, 0.05) is 25.2 Å². The minimum atomic E-state index is 0.678. The predicted molar refractivity (Wildman–Crippen MR) is 81.0 cm³/mol. The summed E-state index contributed by atoms with van der Waals surface area (Å²) < 4.78 is 2.21. The molecule has 0 aliphatic heterocycles. The molecule has 2 aliphatic rings. The largest absolute Gasteiger partial charge is 0.352 e. The van der Waals surface area contributed by atoms with Crippen molar-refractivity contribution < 1.29 is 0 Å². The van der Waals surface area contributed by atoms with Crippen molar-refractivity contribution in [2.24, 2.45) is 11.7 Å². The Balaban J connectivity index is 1.77. The summed E-state index contributed by atoms with van der Waals surface area (Å²) in [6, 6.07) is 6.93. The van der Waals surface area contributed by atoms with Crippen molar-refractivity contribution >= 4 is 11.5 Å². The zero-order valence-corrected chi connectivity index (χ0v) is 11.8. The van der Waals surface area contributed by atoms with Gasteiger partial charge in [-0.1, -0.05) is 6.07 Å². The minimum absolute atomic E-state index is 0.678. The van der Waals surface area contributed by atoms with Gasteiger partial charge in [0.25, 0.3) is 0 Å². The lowest BCUT2D eigenvalue weighted by Gasteiger charge is -2.23. The Morgan fingerprint density at radius 3 is 2.80 bits per heavy atom. The molecule has 0 spiro atoms. The highest BCUT2D eigenvalue weighted by Crippen LogP contribution is 2.38. The van der Waals surface area contributed by atoms with Crippen molar-refractivity contribution in [3.8, 4) is 0 Å². The number of nitrogens with two attached hydrogens (primary N) is 1. The summed E-state index contributed by atoms with van der Waals surface area (Å²) in [5, 5.41) is 0. The second-order valence-corrected chi connectivity index (χ2v) is 6.18. The van der Waals surface area contributed by atoms with E-state index in [1.54, 1.807) is 0 Å². The van der Waals surface area contributed by atoms with Gasteiger partial charge in [-0.05, 0) is 50.3 Å². The number of hydrogen-bond acceptors (Lipinski definition) is 3. The molecule has 106 valence electrons. The van der Waals surface area contributed by atoms with Crippen molar-refractivity contribution in [2.45, 2.75) is 38.1 Å². The molecule has 0 atom stereocenters. The molecule has 2 aromatic heterocycles. The molecule has 2 fully saturated rings. The van der Waals surface area contributed by atoms with Crippen molar-refractivity contribution in [3.05, 3.63) is 30.1 Å². The monoisotopic (exact) mass is 270 g/mol. The van der Waals surface area contributed by atoms with Crippen LogP contribution < -0.4 is 10.6 Å². The first-order valence-corrected chi connectivity index (χ1v) is 7.79. The van der Waals surface area contributed by atoms with E-state index in [2.05, 4.69) is 33.7 Å². The van der Waals surface area contributed by atoms with Crippen molar-refractivity contribution in [1.29, 1.82) is 0 Å². The van der Waals surface area contributed by atoms with E-state index in [1.165, 1.54) is 43.7 Å². The van der Waals surface area contributed by atoms with Crippen LogP contribution in [0, 0.1) is 5.92 Å². The van der Waals surface area contributed by atoms with Crippen LogP contribution in [0.2, 0.25) is 0 Å². The molecule has 0 saturated heterocycles. The third-order valence-corrected chi connectivity index (χ3v) is 4.40. The standard InChI is InChI=1S/C16H22N4/c17-9-8-14-16(18-15-3-1-2-10-19(14)15)20(13-6-7-13)11-12-4-5-12/h1-3,10,12-13H,4-9,11,17H2. The third-order valence-electron chi connectivity index (χ3n) is 4.40. The van der Waals surface area contributed by atoms with Gasteiger partial charge in [0.1, 0.15) is 5.65 Å². The number of imidazole rings is 1. The van der Waals surface area contributed by atoms with Gasteiger partial charge in [0.05, 0.1) is 5.69 Å². The molecule has 0 amide bonds. The smallest absolute Gasteiger partial charge is 0.151 e. The molecule has 0 aromatic carbocycles. The molecule has 0 radical (unpaired) electrons. The van der Waals surface area contributed by atoms with Crippen molar-refractivity contribution in [3.63, 3.8) is 0 Å². The van der Waals surface area contributed by atoms with Gasteiger partial charge in [-0.3, -0.25) is 0 Å². The Morgan fingerprint density at radius 2 is 2.10 bits per heavy atom. The quantitative estimate of drug-likeness (QED) is 0.875. The van der Waals surface area contributed by atoms with E-state index in [0.717, 1.165) is 24.0 Å². The molecular formula is C16H22N4. The molecule has 4 heteroatoms. The molecule has 20 heavy (non-hydrogen) atoms. The van der Waals surface area contributed by atoms with Crippen LogP contribution in [0.3, 0.4) is 0 Å². The Hall–Kier alpha value is -1.55. The number of fused-ring (bicyclic) bond motifs is 1. The highest BCUT2D eigenvalue weighted by atomic mass is 15.3. The number of hydrogen-bond donors (Lipinski definition) is 1. The molecule has 4 nitrogen and oxygen atoms in total. The summed E-state index contributed by atoms with van der Waals surface area (Å²) in [5.41, 5.74) is 8.16. The first-order valence-electron chi connectivity index (χ1n) is 7.79. The van der Waals surface area contributed by atoms with E-state index in [-0.39, 0.29) is 0 Å². The highest BCUT2D eigenvalue weighted by Gasteiger charge is 2.36. The van der Waals surface area contributed by atoms with Crippen LogP contribution in [0.1, 0.15) is 31.4 Å². The topological polar surface area (TPSA) is 46.6 Å². The molecular weight excluding hydrogens is 248 g/mol. The lowest BCUT2D eigenvalue weighted by molar-refractivity contribution is 0.704. The first kappa shape index (κ1) is 12.2. The fraction of sp³-hybridized carbons (Fsp3) is 0.562. The predicted octanol–water partition coefficient (Wildman–Crippen LogP) is 2.21. The van der Waals surface area contributed by atoms with Crippen LogP contribution in [0.15, 0.2) is 24.4 Å². The summed E-state index contributed by atoms with van der Waals surface area (Å²) >= 11 is 0. The number of rotatable bonds is 6. The zero-order chi connectivity index (χ0) is 13.5. The van der Waals surface area contributed by atoms with Crippen LogP contribution in [0.25, 0.3) is 5.65 Å². The highest BCUT2D eigenvalue weighted by molar-refractivity contribution is 5.57. The van der Waals surface area contributed by atoms with Gasteiger partial charge in [0.2, 0.25) is 0 Å². The summed E-state index contributed by atoms with van der Waals surface area (Å²) in [6.45, 7) is 1.86. The van der Waals surface area contributed by atoms with Crippen molar-refractivity contribution in [1.82, 2.24) is 9.38 Å². The first-order chi connectivity index (χ1) is 9.86. The van der Waals surface area contributed by atoms with E-state index in [1.807, 2.05) is 0 Å². The van der Waals surface area contributed by atoms with E-state index in [9.17, 15) is 0 Å². The molecule has 2 N–H and O–H groups in total. The summed E-state index contributed by atoms with van der Waals surface area (Å²) in [6.07, 6.45) is 8.43. The van der Waals surface area contributed by atoms with E-state index in [4.69, 9.17) is 10.7 Å². The van der Waals surface area contributed by atoms with Gasteiger partial charge in [-0.2, -0.15) is 0 Å². The Morgan fingerprint density at radius 1 is 1.25 bits per heavy atom. The van der Waals surface area contributed by atoms with Crippen molar-refractivity contribution in [2.75, 3.05) is 18.0 Å². The minimum Gasteiger partial charge on any atom is -0.352 e. The second-order valence-electron chi connectivity index (χ2n) is 6.18. The molecule has 0 bridgehead atoms. The molecule has 2 aromatic rings. The Bertz CT molecular complexity index is 610. The normalized spacial score (nSPS) is 18.6. The van der Waals surface area contributed by atoms with Crippen LogP contribution in [-0.4, -0.2) is 28.5 Å². The Labute approximate surface area is 119 Å². The zero-order valence-electron chi connectivity index (χ0n) is 11.8. The third kappa shape index (κ3) is 2.18. The lowest BCUT2D eigenvalue weighted by atomic mass is 10.2. The average molecular weight is 270 g/mol. The van der Waals surface area contributed by atoms with Crippen LogP contribution in [0.4, 0.5) is 5.82 Å². The van der Waals surface area contributed by atoms with Crippen LogP contribution >= 0.6 is 0 Å². The summed E-state index contributed by atoms with van der Waals surface area (Å²) in [5.74, 6) is 2.09. The number of pyridine rings is 1. The fourth-order valence-corrected chi connectivity index (χ4v) is 3.01. The summed E-state index contributed by atoms with van der Waals surface area (Å²) in [4.78, 5) is 7.47. The maximum absolute atomic E-state index is 5.83. The maximum Gasteiger partial charge on any atom is 0.151 e. The van der Waals surface area contributed by atoms with E-state index < -0.39 is 0 Å². The van der Waals surface area contributed by atoms with E-state index >= 15 is 0 Å². The van der Waals surface area contributed by atoms with Gasteiger partial charge in [-0.25, -0.2) is 4.98 Å². The molecule has 2 aliphatic carbocycles. The van der Waals surface area contributed by atoms with E-state index in [0.29, 0.717) is 6.54 Å².